The van der Waals surface area contributed by atoms with Gasteiger partial charge >= 0.3 is 0 Å². The largest absolute Gasteiger partial charge is 0.313 e. The van der Waals surface area contributed by atoms with Crippen molar-refractivity contribution in [2.45, 2.75) is 33.6 Å². The molecule has 1 aliphatic heterocycles. The zero-order chi connectivity index (χ0) is 11.4. The number of carbonyl (C=O) groups is 1. The molecular weight excluding hydrogens is 188 g/mol. The topological polar surface area (TPSA) is 46.3 Å². The number of hydrogen-bond donors (Lipinski definition) is 1. The summed E-state index contributed by atoms with van der Waals surface area (Å²) in [5, 5.41) is 0. The fourth-order valence-electron chi connectivity index (χ4n) is 1.91. The maximum Gasteiger partial charge on any atom is 0.230 e. The second-order valence-corrected chi connectivity index (χ2v) is 4.00. The molecule has 3 heteroatoms. The molecule has 0 radical (unpaired) electrons. The molecule has 1 rings (SSSR count). The van der Waals surface area contributed by atoms with Crippen LogP contribution >= 0.6 is 0 Å². The predicted molar refractivity (Wildman–Crippen MR) is 61.8 cm³/mol. The van der Waals surface area contributed by atoms with Gasteiger partial charge in [-0.3, -0.25) is 4.79 Å². The van der Waals surface area contributed by atoms with Crippen LogP contribution < -0.4 is 5.73 Å². The zero-order valence-corrected chi connectivity index (χ0v) is 9.79. The fourth-order valence-corrected chi connectivity index (χ4v) is 1.91. The SMILES string of the molecule is C/C=C\C1=C(C)N(CN)C(=O)C(C)CC1. The molecule has 1 atom stereocenters. The molecular formula is C12H20N2O. The molecule has 0 aliphatic carbocycles. The van der Waals surface area contributed by atoms with Gasteiger partial charge in [0.2, 0.25) is 5.91 Å². The zero-order valence-electron chi connectivity index (χ0n) is 9.79. The molecule has 1 heterocycles. The molecule has 2 N–H and O–H groups in total. The summed E-state index contributed by atoms with van der Waals surface area (Å²) < 4.78 is 0. The van der Waals surface area contributed by atoms with Gasteiger partial charge in [-0.25, -0.2) is 0 Å². The smallest absolute Gasteiger partial charge is 0.230 e. The maximum absolute atomic E-state index is 11.9. The third kappa shape index (κ3) is 2.48. The standard InChI is InChI=1S/C12H20N2O/c1-4-5-11-7-6-9(2)12(15)14(8-13)10(11)3/h4-5,9H,6-8,13H2,1-3H3/b5-4-. The first-order valence-electron chi connectivity index (χ1n) is 5.45. The highest BCUT2D eigenvalue weighted by molar-refractivity contribution is 5.80. The highest BCUT2D eigenvalue weighted by atomic mass is 16.2. The number of allylic oxidation sites excluding steroid dienone is 4. The van der Waals surface area contributed by atoms with Gasteiger partial charge in [-0.15, -0.1) is 0 Å². The normalized spacial score (nSPS) is 23.9. The molecule has 1 amide bonds. The van der Waals surface area contributed by atoms with Crippen molar-refractivity contribution in [3.8, 4) is 0 Å². The van der Waals surface area contributed by atoms with E-state index in [0.717, 1.165) is 18.5 Å². The molecule has 0 fully saturated rings. The van der Waals surface area contributed by atoms with Gasteiger partial charge in [0.05, 0.1) is 6.67 Å². The summed E-state index contributed by atoms with van der Waals surface area (Å²) in [6.07, 6.45) is 5.95. The second-order valence-electron chi connectivity index (χ2n) is 4.00. The van der Waals surface area contributed by atoms with Crippen LogP contribution in [0.1, 0.15) is 33.6 Å². The summed E-state index contributed by atoms with van der Waals surface area (Å²) in [5.74, 6) is 0.223. The summed E-state index contributed by atoms with van der Waals surface area (Å²) in [7, 11) is 0. The lowest BCUT2D eigenvalue weighted by atomic mass is 10.0. The van der Waals surface area contributed by atoms with E-state index < -0.39 is 0 Å². The highest BCUT2D eigenvalue weighted by Gasteiger charge is 2.25. The van der Waals surface area contributed by atoms with Gasteiger partial charge in [0.25, 0.3) is 0 Å². The van der Waals surface area contributed by atoms with Crippen LogP contribution in [0.4, 0.5) is 0 Å². The Labute approximate surface area is 91.6 Å². The number of nitrogens with two attached hydrogens (primary N) is 1. The van der Waals surface area contributed by atoms with Gasteiger partial charge in [-0.1, -0.05) is 19.1 Å². The average molecular weight is 208 g/mol. The Kier molecular flexibility index (Phi) is 4.09. The van der Waals surface area contributed by atoms with E-state index >= 15 is 0 Å². The molecule has 0 aromatic rings. The van der Waals surface area contributed by atoms with Crippen molar-refractivity contribution in [1.29, 1.82) is 0 Å². The molecule has 0 aromatic heterocycles. The summed E-state index contributed by atoms with van der Waals surface area (Å²) in [4.78, 5) is 13.6. The van der Waals surface area contributed by atoms with Gasteiger partial charge < -0.3 is 10.6 Å². The van der Waals surface area contributed by atoms with Gasteiger partial charge in [0.15, 0.2) is 0 Å². The minimum Gasteiger partial charge on any atom is -0.313 e. The van der Waals surface area contributed by atoms with E-state index in [4.69, 9.17) is 5.73 Å². The van der Waals surface area contributed by atoms with Crippen LogP contribution in [-0.4, -0.2) is 17.5 Å². The van der Waals surface area contributed by atoms with E-state index in [9.17, 15) is 4.79 Å². The molecule has 3 nitrogen and oxygen atoms in total. The van der Waals surface area contributed by atoms with Crippen molar-refractivity contribution in [1.82, 2.24) is 4.90 Å². The van der Waals surface area contributed by atoms with Crippen molar-refractivity contribution < 1.29 is 4.79 Å². The Morgan fingerprint density at radius 2 is 2.27 bits per heavy atom. The average Bonchev–Trinajstić information content (AvgIpc) is 2.32. The number of rotatable bonds is 2. The summed E-state index contributed by atoms with van der Waals surface area (Å²) in [6, 6.07) is 0. The van der Waals surface area contributed by atoms with Crippen LogP contribution in [0, 0.1) is 5.92 Å². The van der Waals surface area contributed by atoms with Crippen molar-refractivity contribution in [2.75, 3.05) is 6.67 Å². The first-order chi connectivity index (χ1) is 7.11. The minimum atomic E-state index is 0.0752. The Morgan fingerprint density at radius 3 is 2.80 bits per heavy atom. The number of hydrogen-bond acceptors (Lipinski definition) is 2. The summed E-state index contributed by atoms with van der Waals surface area (Å²) >= 11 is 0. The van der Waals surface area contributed by atoms with Gasteiger partial charge in [0.1, 0.15) is 0 Å². The van der Waals surface area contributed by atoms with Crippen LogP contribution in [0.2, 0.25) is 0 Å². The lowest BCUT2D eigenvalue weighted by molar-refractivity contribution is -0.132. The van der Waals surface area contributed by atoms with Crippen molar-refractivity contribution in [2.24, 2.45) is 11.7 Å². The van der Waals surface area contributed by atoms with Crippen molar-refractivity contribution >= 4 is 5.91 Å². The first kappa shape index (κ1) is 12.0. The molecule has 0 aromatic carbocycles. The lowest BCUT2D eigenvalue weighted by Crippen LogP contribution is -2.37. The quantitative estimate of drug-likeness (QED) is 0.754. The monoisotopic (exact) mass is 208 g/mol. The summed E-state index contributed by atoms with van der Waals surface area (Å²) in [6.45, 7) is 6.20. The number of amides is 1. The van der Waals surface area contributed by atoms with Crippen molar-refractivity contribution in [3.05, 3.63) is 23.4 Å². The van der Waals surface area contributed by atoms with Crippen LogP contribution in [0.15, 0.2) is 23.4 Å². The second kappa shape index (κ2) is 5.12. The summed E-state index contributed by atoms with van der Waals surface area (Å²) in [5.41, 5.74) is 7.85. The van der Waals surface area contributed by atoms with E-state index in [1.54, 1.807) is 4.90 Å². The Morgan fingerprint density at radius 1 is 1.60 bits per heavy atom. The Hall–Kier alpha value is -1.09. The van der Waals surface area contributed by atoms with Crippen LogP contribution in [-0.2, 0) is 4.79 Å². The predicted octanol–water partition coefficient (Wildman–Crippen LogP) is 2.01. The van der Waals surface area contributed by atoms with E-state index in [1.165, 1.54) is 5.57 Å². The van der Waals surface area contributed by atoms with E-state index in [2.05, 4.69) is 6.08 Å². The Bertz CT molecular complexity index is 305. The molecule has 1 unspecified atom stereocenters. The van der Waals surface area contributed by atoms with Crippen molar-refractivity contribution in [3.63, 3.8) is 0 Å². The molecule has 0 spiro atoms. The van der Waals surface area contributed by atoms with Gasteiger partial charge in [0, 0.05) is 11.6 Å². The van der Waals surface area contributed by atoms with E-state index in [1.807, 2.05) is 26.8 Å². The van der Waals surface area contributed by atoms with Crippen LogP contribution in [0.5, 0.6) is 0 Å². The van der Waals surface area contributed by atoms with Crippen LogP contribution in [0.3, 0.4) is 0 Å². The number of nitrogens with zero attached hydrogens (tertiary/aromatic N) is 1. The molecule has 0 saturated carbocycles. The molecule has 15 heavy (non-hydrogen) atoms. The third-order valence-electron chi connectivity index (χ3n) is 2.95. The van der Waals surface area contributed by atoms with Crippen LogP contribution in [0.25, 0.3) is 0 Å². The lowest BCUT2D eigenvalue weighted by Gasteiger charge is -2.22. The molecule has 0 saturated heterocycles. The highest BCUT2D eigenvalue weighted by Crippen LogP contribution is 2.25. The third-order valence-corrected chi connectivity index (χ3v) is 2.95. The fraction of sp³-hybridized carbons (Fsp3) is 0.583. The minimum absolute atomic E-state index is 0.0752. The maximum atomic E-state index is 11.9. The van der Waals surface area contributed by atoms with Gasteiger partial charge in [-0.05, 0) is 32.3 Å². The number of carbonyl (C=O) groups excluding carboxylic acids is 1. The first-order valence-corrected chi connectivity index (χ1v) is 5.45. The molecule has 0 bridgehead atoms. The van der Waals surface area contributed by atoms with E-state index in [-0.39, 0.29) is 18.5 Å². The van der Waals surface area contributed by atoms with Gasteiger partial charge in [-0.2, -0.15) is 0 Å². The molecule has 1 aliphatic rings. The van der Waals surface area contributed by atoms with E-state index in [0.29, 0.717) is 0 Å². The molecule has 84 valence electrons. The Balaban J connectivity index is 3.05.